The number of rotatable bonds is 39. The zero-order chi connectivity index (χ0) is 80.5. The van der Waals surface area contributed by atoms with E-state index in [1.165, 1.54) is 43.0 Å². The summed E-state index contributed by atoms with van der Waals surface area (Å²) in [5.41, 5.74) is 9.54. The number of aliphatic hydroxyl groups excluding tert-OH is 1. The number of aliphatic hydroxyl groups is 1. The van der Waals surface area contributed by atoms with E-state index in [4.69, 9.17) is 22.7 Å². The van der Waals surface area contributed by atoms with E-state index >= 15 is 19.2 Å². The number of carbonyl (C=O) groups excluding carboxylic acids is 11. The van der Waals surface area contributed by atoms with Crippen molar-refractivity contribution in [1.29, 1.82) is 5.41 Å². The van der Waals surface area contributed by atoms with Gasteiger partial charge in [-0.2, -0.15) is 0 Å². The van der Waals surface area contributed by atoms with Crippen LogP contribution in [-0.2, 0) is 84.8 Å². The molecule has 10 atom stereocenters. The molecule has 11 amide bonds. The second-order valence-corrected chi connectivity index (χ2v) is 29.2. The molecule has 30 heteroatoms. The summed E-state index contributed by atoms with van der Waals surface area (Å²) < 4.78 is 0. The van der Waals surface area contributed by atoms with Crippen molar-refractivity contribution in [3.63, 3.8) is 0 Å². The highest BCUT2D eigenvalue weighted by atomic mass is 35.5. The van der Waals surface area contributed by atoms with Crippen molar-refractivity contribution in [2.24, 2.45) is 11.7 Å². The van der Waals surface area contributed by atoms with Crippen molar-refractivity contribution in [1.82, 2.24) is 73.4 Å². The van der Waals surface area contributed by atoms with Crippen LogP contribution in [0.25, 0.3) is 32.6 Å². The summed E-state index contributed by atoms with van der Waals surface area (Å²) in [5, 5.41) is 64.2. The van der Waals surface area contributed by atoms with Gasteiger partial charge in [0.15, 0.2) is 5.96 Å². The number of hydrogen-bond donors (Lipinski definition) is 17. The van der Waals surface area contributed by atoms with Crippen LogP contribution in [0.15, 0.2) is 152 Å². The van der Waals surface area contributed by atoms with Crippen LogP contribution in [0.5, 0.6) is 5.75 Å². The second kappa shape index (κ2) is 40.7. The molecule has 6 aromatic carbocycles. The van der Waals surface area contributed by atoms with E-state index in [0.29, 0.717) is 62.4 Å². The maximum absolute atomic E-state index is 15.3. The van der Waals surface area contributed by atoms with Gasteiger partial charge >= 0.3 is 0 Å². The molecule has 1 saturated heterocycles. The maximum atomic E-state index is 15.3. The van der Waals surface area contributed by atoms with Crippen LogP contribution in [0.2, 0.25) is 5.02 Å². The standard InChI is InChI=1S/C82H101ClN16O13/c1-6-7-34-86-82(85)87-35-14-22-63(81(112)99-36-15-23-71(99)80(111)89-48(4)72(84)103)92-73(104)64(37-47(2)3)93-77(108)68(43-56-45-88-62-21-13-11-19-60(56)62)96-75(106)67(40-51-27-32-59(102)33-28-51)95-79(110)70(46-100)98-78(109)69(44-58-42-55-18-10-12-20-61(55)91-58)97-76(107)66(39-50-25-30-57(83)31-26-50)94-74(105)65(90-49(5)101)41-52-24-29-53-16-8-9-17-54(53)38-52/h8-13,16-21,24-33,38,42,45,47-48,63-71,88,91,100,102H,6-7,14-15,22-23,34-37,39-41,43-44,46H2,1-5H3,(H2,84,103)(H,89,111)(H,90,101)(H,92,104)(H,93,108)(H,94,105)(H,95,110)(H,96,106)(H,97,107)(H,98,109)(H3,85,86,87)/t48-,63+,64+,65-,66-,67+,68-,69-,70+,71+/m1/s1. The molecule has 0 bridgehead atoms. The van der Waals surface area contributed by atoms with Crippen molar-refractivity contribution >= 4 is 115 Å². The van der Waals surface area contributed by atoms with Gasteiger partial charge in [-0.25, -0.2) is 0 Å². The molecule has 18 N–H and O–H groups in total. The second-order valence-electron chi connectivity index (χ2n) is 28.8. The summed E-state index contributed by atoms with van der Waals surface area (Å²) in [5.74, 6) is -9.06. The first-order valence-corrected chi connectivity index (χ1v) is 38.2. The summed E-state index contributed by atoms with van der Waals surface area (Å²) in [6.45, 7) is 8.20. The quantitative estimate of drug-likeness (QED) is 0.0145. The monoisotopic (exact) mass is 1550 g/mol. The highest BCUT2D eigenvalue weighted by Gasteiger charge is 2.41. The third-order valence-corrected chi connectivity index (χ3v) is 19.8. The van der Waals surface area contributed by atoms with Crippen molar-refractivity contribution in [3.8, 4) is 5.75 Å². The Hall–Kier alpha value is -11.9. The van der Waals surface area contributed by atoms with Gasteiger partial charge in [0.05, 0.1) is 6.61 Å². The van der Waals surface area contributed by atoms with E-state index in [-0.39, 0.29) is 88.5 Å². The summed E-state index contributed by atoms with van der Waals surface area (Å²) >= 11 is 6.29. The number of guanidine groups is 1. The number of carbonyl (C=O) groups is 11. The van der Waals surface area contributed by atoms with Crippen molar-refractivity contribution < 1.29 is 63.0 Å². The third-order valence-electron chi connectivity index (χ3n) is 19.5. The lowest BCUT2D eigenvalue weighted by atomic mass is 9.99. The lowest BCUT2D eigenvalue weighted by molar-refractivity contribution is -0.142. The Morgan fingerprint density at radius 2 is 1.05 bits per heavy atom. The topological polar surface area (TPSA) is 445 Å². The van der Waals surface area contributed by atoms with Crippen LogP contribution in [0, 0.1) is 11.3 Å². The van der Waals surface area contributed by atoms with Gasteiger partial charge in [0.25, 0.3) is 0 Å². The SMILES string of the molecule is CCCCNC(=N)NCCC[C@H](NC(=O)[C@H](CC(C)C)NC(=O)[C@@H](Cc1c[nH]c2ccccc12)NC(=O)[C@H](Cc1ccc(O)cc1)NC(=O)[C@H](CO)NC(=O)[C@@H](Cc1cc2ccccc2[nH]1)NC(=O)[C@@H](Cc1ccc(Cl)cc1)NC(=O)[C@@H](Cc1ccc2ccccc2c1)NC(C)=O)C(=O)N1CCC[C@H]1C(=O)N[C@H](C)C(N)=O. The number of nitrogens with two attached hydrogens (primary N) is 1. The Bertz CT molecular complexity index is 4610. The summed E-state index contributed by atoms with van der Waals surface area (Å²) in [6, 6.07) is 28.0. The number of H-pyrrole nitrogens is 2. The predicted octanol–water partition coefficient (Wildman–Crippen LogP) is 4.29. The summed E-state index contributed by atoms with van der Waals surface area (Å²) in [6.07, 6.45) is 3.52. The molecule has 3 heterocycles. The fraction of sp³-hybridized carbons (Fsp3) is 0.390. The number of halogens is 1. The Labute approximate surface area is 654 Å². The number of fused-ring (bicyclic) bond motifs is 3. The minimum Gasteiger partial charge on any atom is -0.508 e. The molecule has 9 rings (SSSR count). The number of benzene rings is 6. The third kappa shape index (κ3) is 24.3. The first kappa shape index (κ1) is 84.2. The van der Waals surface area contributed by atoms with Gasteiger partial charge < -0.3 is 89.3 Å². The molecule has 0 unspecified atom stereocenters. The number of para-hydroxylation sites is 2. The predicted molar refractivity (Wildman–Crippen MR) is 426 cm³/mol. The number of phenols is 1. The van der Waals surface area contributed by atoms with Crippen LogP contribution in [0.4, 0.5) is 0 Å². The number of nitrogens with zero attached hydrogens (tertiary/aromatic N) is 1. The molecule has 2 aromatic heterocycles. The average molecular weight is 1550 g/mol. The number of aromatic nitrogens is 2. The Balaban J connectivity index is 0.979. The zero-order valence-corrected chi connectivity index (χ0v) is 64.1. The van der Waals surface area contributed by atoms with E-state index in [1.807, 2.05) is 93.6 Å². The number of phenolic OH excluding ortho intramolecular Hbond substituents is 1. The van der Waals surface area contributed by atoms with E-state index in [9.17, 15) is 43.8 Å². The first-order chi connectivity index (χ1) is 53.7. The Morgan fingerprint density at radius 1 is 0.554 bits per heavy atom. The highest BCUT2D eigenvalue weighted by Crippen LogP contribution is 2.25. The molecule has 0 radical (unpaired) electrons. The van der Waals surface area contributed by atoms with Gasteiger partial charge in [-0.1, -0.05) is 142 Å². The number of amides is 11. The molecular formula is C82H101ClN16O13. The molecule has 594 valence electrons. The summed E-state index contributed by atoms with van der Waals surface area (Å²) in [4.78, 5) is 166. The van der Waals surface area contributed by atoms with Gasteiger partial charge in [0.1, 0.15) is 66.2 Å². The molecular weight excluding hydrogens is 1450 g/mol. The van der Waals surface area contributed by atoms with Crippen LogP contribution in [0.3, 0.4) is 0 Å². The van der Waals surface area contributed by atoms with Gasteiger partial charge in [0, 0.05) is 92.0 Å². The van der Waals surface area contributed by atoms with Gasteiger partial charge in [0.2, 0.25) is 65.0 Å². The zero-order valence-electron chi connectivity index (χ0n) is 63.4. The molecule has 0 saturated carbocycles. The molecule has 1 fully saturated rings. The Morgan fingerprint density at radius 3 is 1.65 bits per heavy atom. The number of aromatic hydroxyl groups is 1. The lowest BCUT2D eigenvalue weighted by Crippen LogP contribution is -2.62. The number of aromatic amines is 2. The van der Waals surface area contributed by atoms with E-state index in [0.717, 1.165) is 29.0 Å². The smallest absolute Gasteiger partial charge is 0.245 e. The normalized spacial score (nSPS) is 15.1. The Kier molecular flexibility index (Phi) is 30.6. The van der Waals surface area contributed by atoms with Gasteiger partial charge in [-0.05, 0) is 132 Å². The fourth-order valence-corrected chi connectivity index (χ4v) is 13.6. The number of primary amides is 1. The molecule has 8 aromatic rings. The lowest BCUT2D eigenvalue weighted by Gasteiger charge is -2.31. The van der Waals surface area contributed by atoms with Gasteiger partial charge in [-0.3, -0.25) is 58.1 Å². The van der Waals surface area contributed by atoms with Crippen LogP contribution in [0.1, 0.15) is 108 Å². The summed E-state index contributed by atoms with van der Waals surface area (Å²) in [7, 11) is 0. The van der Waals surface area contributed by atoms with Crippen LogP contribution < -0.4 is 64.2 Å². The first-order valence-electron chi connectivity index (χ1n) is 37.8. The van der Waals surface area contributed by atoms with Crippen molar-refractivity contribution in [2.45, 2.75) is 172 Å². The molecule has 1 aliphatic rings. The molecule has 0 aliphatic carbocycles. The molecule has 112 heavy (non-hydrogen) atoms. The largest absolute Gasteiger partial charge is 0.508 e. The van der Waals surface area contributed by atoms with E-state index in [2.05, 4.69) is 68.5 Å². The molecule has 1 aliphatic heterocycles. The fourth-order valence-electron chi connectivity index (χ4n) is 13.5. The van der Waals surface area contributed by atoms with Crippen molar-refractivity contribution in [2.75, 3.05) is 26.2 Å². The number of unbranched alkanes of at least 4 members (excludes halogenated alkanes) is 1. The van der Waals surface area contributed by atoms with E-state index in [1.54, 1.807) is 54.7 Å². The van der Waals surface area contributed by atoms with Gasteiger partial charge in [-0.15, -0.1) is 0 Å². The number of hydrogen-bond acceptors (Lipinski definition) is 14. The van der Waals surface area contributed by atoms with Crippen LogP contribution in [-0.4, -0.2) is 183 Å². The molecule has 29 nitrogen and oxygen atoms in total. The molecule has 0 spiro atoms. The number of likely N-dealkylation sites (tertiary alicyclic amines) is 1. The average Bonchev–Trinajstić information content (AvgIpc) is 1.61. The maximum Gasteiger partial charge on any atom is 0.245 e. The number of nitrogens with one attached hydrogen (secondary N) is 14. The van der Waals surface area contributed by atoms with Crippen LogP contribution >= 0.6 is 11.6 Å². The van der Waals surface area contributed by atoms with Crippen molar-refractivity contribution in [3.05, 3.63) is 185 Å². The highest BCUT2D eigenvalue weighted by molar-refractivity contribution is 6.30. The minimum absolute atomic E-state index is 0.0163. The van der Waals surface area contributed by atoms with E-state index < -0.39 is 132 Å². The minimum atomic E-state index is -1.84.